The number of para-hydroxylation sites is 1. The maximum absolute atomic E-state index is 12.5. The Labute approximate surface area is 161 Å². The zero-order valence-electron chi connectivity index (χ0n) is 15.0. The van der Waals surface area contributed by atoms with Crippen LogP contribution >= 0.6 is 11.8 Å². The molecule has 27 heavy (non-hydrogen) atoms. The van der Waals surface area contributed by atoms with Crippen molar-refractivity contribution in [1.29, 1.82) is 0 Å². The van der Waals surface area contributed by atoms with Crippen LogP contribution in [0.3, 0.4) is 0 Å². The van der Waals surface area contributed by atoms with Gasteiger partial charge in [0.1, 0.15) is 0 Å². The van der Waals surface area contributed by atoms with Crippen molar-refractivity contribution in [2.45, 2.75) is 24.3 Å². The number of primary amides is 1. The molecule has 1 unspecified atom stereocenters. The number of hydrogen-bond acceptors (Lipinski definition) is 4. The highest BCUT2D eigenvalue weighted by molar-refractivity contribution is 8.00. The van der Waals surface area contributed by atoms with E-state index in [0.29, 0.717) is 11.3 Å². The minimum Gasteiger partial charge on any atom is -0.366 e. The van der Waals surface area contributed by atoms with Crippen LogP contribution in [0, 0.1) is 6.92 Å². The molecule has 6 nitrogen and oxygen atoms in total. The largest absolute Gasteiger partial charge is 0.366 e. The molecule has 1 aromatic heterocycles. The molecule has 0 aliphatic heterocycles. The Kier molecular flexibility index (Phi) is 5.61. The van der Waals surface area contributed by atoms with Crippen LogP contribution in [0.25, 0.3) is 5.69 Å². The van der Waals surface area contributed by atoms with Crippen LogP contribution in [0.4, 0.5) is 5.69 Å². The molecule has 138 valence electrons. The number of nitrogens with zero attached hydrogens (tertiary/aromatic N) is 2. The first-order valence-electron chi connectivity index (χ1n) is 8.42. The molecular formula is C20H20N4O2S. The lowest BCUT2D eigenvalue weighted by atomic mass is 10.2. The molecule has 2 aromatic carbocycles. The van der Waals surface area contributed by atoms with Crippen LogP contribution in [0.1, 0.15) is 22.8 Å². The number of amides is 2. The van der Waals surface area contributed by atoms with Crippen LogP contribution < -0.4 is 11.1 Å². The van der Waals surface area contributed by atoms with E-state index in [4.69, 9.17) is 5.73 Å². The van der Waals surface area contributed by atoms with Gasteiger partial charge in [-0.15, -0.1) is 0 Å². The fraction of sp³-hybridized carbons (Fsp3) is 0.150. The summed E-state index contributed by atoms with van der Waals surface area (Å²) in [6.07, 6.45) is 3.61. The molecule has 0 spiro atoms. The van der Waals surface area contributed by atoms with E-state index in [2.05, 4.69) is 10.3 Å². The van der Waals surface area contributed by atoms with Crippen LogP contribution in [-0.2, 0) is 4.79 Å². The van der Waals surface area contributed by atoms with Crippen molar-refractivity contribution in [2.75, 3.05) is 5.32 Å². The van der Waals surface area contributed by atoms with Gasteiger partial charge in [-0.3, -0.25) is 14.2 Å². The summed E-state index contributed by atoms with van der Waals surface area (Å²) in [7, 11) is 0. The Hall–Kier alpha value is -3.06. The number of thioether (sulfide) groups is 1. The lowest BCUT2D eigenvalue weighted by Gasteiger charge is -2.14. The van der Waals surface area contributed by atoms with Crippen LogP contribution in [0.5, 0.6) is 0 Å². The van der Waals surface area contributed by atoms with Gasteiger partial charge < -0.3 is 11.1 Å². The van der Waals surface area contributed by atoms with Crippen molar-refractivity contribution >= 4 is 29.3 Å². The van der Waals surface area contributed by atoms with Crippen LogP contribution in [-0.4, -0.2) is 26.6 Å². The zero-order valence-corrected chi connectivity index (χ0v) is 15.9. The summed E-state index contributed by atoms with van der Waals surface area (Å²) in [5.41, 5.74) is 8.40. The summed E-state index contributed by atoms with van der Waals surface area (Å²) in [6.45, 7) is 3.87. The number of hydrogen-bond donors (Lipinski definition) is 2. The van der Waals surface area contributed by atoms with Crippen molar-refractivity contribution < 1.29 is 9.59 Å². The number of carbonyl (C=O) groups excluding carboxylic acids is 2. The first-order chi connectivity index (χ1) is 13.0. The SMILES string of the molecule is Cc1ccccc1-n1ccnc1SC(C)C(=O)Nc1ccc(C(N)=O)cc1. The van der Waals surface area contributed by atoms with E-state index in [0.717, 1.165) is 16.4 Å². The Morgan fingerprint density at radius 3 is 2.52 bits per heavy atom. The van der Waals surface area contributed by atoms with Gasteiger partial charge in [0.05, 0.1) is 10.9 Å². The first-order valence-corrected chi connectivity index (χ1v) is 9.30. The molecular weight excluding hydrogens is 360 g/mol. The fourth-order valence-corrected chi connectivity index (χ4v) is 3.44. The molecule has 0 aliphatic rings. The number of imidazole rings is 1. The summed E-state index contributed by atoms with van der Waals surface area (Å²) < 4.78 is 1.98. The van der Waals surface area contributed by atoms with Gasteiger partial charge in [-0.25, -0.2) is 4.98 Å². The lowest BCUT2D eigenvalue weighted by Crippen LogP contribution is -2.23. The molecule has 7 heteroatoms. The van der Waals surface area contributed by atoms with E-state index in [1.807, 2.05) is 48.9 Å². The number of anilines is 1. The average Bonchev–Trinajstić information content (AvgIpc) is 3.10. The van der Waals surface area contributed by atoms with Crippen LogP contribution in [0.15, 0.2) is 66.1 Å². The molecule has 3 rings (SSSR count). The molecule has 3 aromatic rings. The Morgan fingerprint density at radius 2 is 1.85 bits per heavy atom. The second kappa shape index (κ2) is 8.09. The van der Waals surface area contributed by atoms with Crippen molar-refractivity contribution in [3.05, 3.63) is 72.1 Å². The van der Waals surface area contributed by atoms with E-state index < -0.39 is 5.91 Å². The molecule has 0 fully saturated rings. The van der Waals surface area contributed by atoms with E-state index in [-0.39, 0.29) is 11.2 Å². The average molecular weight is 380 g/mol. The van der Waals surface area contributed by atoms with Crippen molar-refractivity contribution in [1.82, 2.24) is 9.55 Å². The summed E-state index contributed by atoms with van der Waals surface area (Å²) >= 11 is 1.38. The van der Waals surface area contributed by atoms with E-state index >= 15 is 0 Å². The van der Waals surface area contributed by atoms with Crippen molar-refractivity contribution in [3.8, 4) is 5.69 Å². The molecule has 1 atom stereocenters. The predicted molar refractivity (Wildman–Crippen MR) is 107 cm³/mol. The maximum atomic E-state index is 12.5. The highest BCUT2D eigenvalue weighted by Crippen LogP contribution is 2.26. The zero-order chi connectivity index (χ0) is 19.4. The Morgan fingerprint density at radius 1 is 1.15 bits per heavy atom. The highest BCUT2D eigenvalue weighted by Gasteiger charge is 2.18. The number of nitrogens with one attached hydrogen (secondary N) is 1. The smallest absolute Gasteiger partial charge is 0.248 e. The highest BCUT2D eigenvalue weighted by atomic mass is 32.2. The van der Waals surface area contributed by atoms with E-state index in [1.54, 1.807) is 30.5 Å². The number of carbonyl (C=O) groups is 2. The fourth-order valence-electron chi connectivity index (χ4n) is 2.57. The second-order valence-electron chi connectivity index (χ2n) is 6.06. The monoisotopic (exact) mass is 380 g/mol. The summed E-state index contributed by atoms with van der Waals surface area (Å²) in [4.78, 5) is 28.0. The molecule has 0 aliphatic carbocycles. The summed E-state index contributed by atoms with van der Waals surface area (Å²) in [5.74, 6) is -0.647. The second-order valence-corrected chi connectivity index (χ2v) is 7.37. The van der Waals surface area contributed by atoms with E-state index in [9.17, 15) is 9.59 Å². The van der Waals surface area contributed by atoms with Gasteiger partial charge in [-0.05, 0) is 49.7 Å². The molecule has 0 saturated heterocycles. The van der Waals surface area contributed by atoms with Gasteiger partial charge in [0.2, 0.25) is 11.8 Å². The van der Waals surface area contributed by atoms with Crippen LogP contribution in [0.2, 0.25) is 0 Å². The summed E-state index contributed by atoms with van der Waals surface area (Å²) in [5, 5.41) is 3.23. The quantitative estimate of drug-likeness (QED) is 0.641. The maximum Gasteiger partial charge on any atom is 0.248 e. The third-order valence-corrected chi connectivity index (χ3v) is 5.15. The predicted octanol–water partition coefficient (Wildman–Crippen LogP) is 3.40. The minimum atomic E-state index is -0.500. The van der Waals surface area contributed by atoms with Gasteiger partial charge in [0.25, 0.3) is 0 Å². The normalized spacial score (nSPS) is 11.8. The number of nitrogens with two attached hydrogens (primary N) is 1. The van der Waals surface area contributed by atoms with Gasteiger partial charge in [-0.2, -0.15) is 0 Å². The molecule has 3 N–H and O–H groups in total. The Balaban J connectivity index is 1.70. The first kappa shape index (κ1) is 18.7. The number of rotatable bonds is 6. The molecule has 0 bridgehead atoms. The third kappa shape index (κ3) is 4.38. The van der Waals surface area contributed by atoms with Gasteiger partial charge in [0.15, 0.2) is 5.16 Å². The van der Waals surface area contributed by atoms with Gasteiger partial charge in [0, 0.05) is 23.6 Å². The number of aromatic nitrogens is 2. The standard InChI is InChI=1S/C20H20N4O2S/c1-13-5-3-4-6-17(13)24-12-11-22-20(24)27-14(2)19(26)23-16-9-7-15(8-10-16)18(21)25/h3-12,14H,1-2H3,(H2,21,25)(H,23,26). The van der Waals surface area contributed by atoms with Crippen molar-refractivity contribution in [2.24, 2.45) is 5.73 Å². The van der Waals surface area contributed by atoms with E-state index in [1.165, 1.54) is 11.8 Å². The molecule has 2 amide bonds. The minimum absolute atomic E-state index is 0.147. The molecule has 0 saturated carbocycles. The van der Waals surface area contributed by atoms with Gasteiger partial charge >= 0.3 is 0 Å². The topological polar surface area (TPSA) is 90.0 Å². The molecule has 0 radical (unpaired) electrons. The Bertz CT molecular complexity index is 966. The third-order valence-electron chi connectivity index (χ3n) is 4.07. The van der Waals surface area contributed by atoms with Gasteiger partial charge in [-0.1, -0.05) is 30.0 Å². The summed E-state index contributed by atoms with van der Waals surface area (Å²) in [6, 6.07) is 14.5. The number of benzene rings is 2. The lowest BCUT2D eigenvalue weighted by molar-refractivity contribution is -0.115. The number of aryl methyl sites for hydroxylation is 1. The molecule has 1 heterocycles. The van der Waals surface area contributed by atoms with Crippen molar-refractivity contribution in [3.63, 3.8) is 0 Å².